The van der Waals surface area contributed by atoms with Gasteiger partial charge in [-0.15, -0.1) is 0 Å². The van der Waals surface area contributed by atoms with Gasteiger partial charge in [0.25, 0.3) is 0 Å². The predicted molar refractivity (Wildman–Crippen MR) is 79.5 cm³/mol. The number of piperazine rings is 1. The van der Waals surface area contributed by atoms with E-state index in [1.807, 2.05) is 0 Å². The molecule has 2 heterocycles. The lowest BCUT2D eigenvalue weighted by Crippen LogP contribution is -2.61. The summed E-state index contributed by atoms with van der Waals surface area (Å²) >= 11 is 0. The van der Waals surface area contributed by atoms with Gasteiger partial charge >= 0.3 is 0 Å². The zero-order chi connectivity index (χ0) is 13.1. The van der Waals surface area contributed by atoms with Crippen molar-refractivity contribution in [1.29, 1.82) is 0 Å². The average molecular weight is 259 g/mol. The molecule has 2 saturated heterocycles. The van der Waals surface area contributed by atoms with E-state index in [1.165, 1.54) is 51.4 Å². The van der Waals surface area contributed by atoms with Crippen molar-refractivity contribution in [2.75, 3.05) is 45.8 Å². The van der Waals surface area contributed by atoms with E-state index in [9.17, 15) is 0 Å². The summed E-state index contributed by atoms with van der Waals surface area (Å²) in [6, 6.07) is 11.7. The molecule has 1 aromatic carbocycles. The summed E-state index contributed by atoms with van der Waals surface area (Å²) in [5, 5.41) is 3.37. The Morgan fingerprint density at radius 1 is 1.11 bits per heavy atom. The van der Waals surface area contributed by atoms with Crippen LogP contribution in [0.3, 0.4) is 0 Å². The highest BCUT2D eigenvalue weighted by Gasteiger charge is 2.27. The molecule has 0 saturated carbocycles. The van der Waals surface area contributed by atoms with E-state index in [2.05, 4.69) is 52.4 Å². The molecule has 2 aliphatic heterocycles. The second-order valence-corrected chi connectivity index (χ2v) is 5.96. The zero-order valence-corrected chi connectivity index (χ0v) is 11.9. The Balaban J connectivity index is 1.46. The second-order valence-electron chi connectivity index (χ2n) is 5.96. The molecule has 19 heavy (non-hydrogen) atoms. The van der Waals surface area contributed by atoms with Crippen molar-refractivity contribution in [3.8, 4) is 0 Å². The maximum absolute atomic E-state index is 3.37. The van der Waals surface area contributed by atoms with Crippen LogP contribution in [0.5, 0.6) is 0 Å². The molecule has 0 amide bonds. The smallest absolute Gasteiger partial charge is 0.0346 e. The van der Waals surface area contributed by atoms with E-state index >= 15 is 0 Å². The lowest BCUT2D eigenvalue weighted by molar-refractivity contribution is 0.0707. The molecule has 3 nitrogen and oxygen atoms in total. The molecular formula is C16H25N3. The molecule has 0 bridgehead atoms. The normalized spacial score (nSPS) is 24.1. The van der Waals surface area contributed by atoms with Crippen LogP contribution in [-0.2, 0) is 0 Å². The van der Waals surface area contributed by atoms with Gasteiger partial charge in [-0.1, -0.05) is 37.3 Å². The lowest BCUT2D eigenvalue weighted by atomic mass is 10.0. The van der Waals surface area contributed by atoms with Crippen LogP contribution in [-0.4, -0.2) is 61.7 Å². The summed E-state index contributed by atoms with van der Waals surface area (Å²) in [6.45, 7) is 10.9. The largest absolute Gasteiger partial charge is 0.314 e. The zero-order valence-electron chi connectivity index (χ0n) is 11.9. The van der Waals surface area contributed by atoms with Gasteiger partial charge < -0.3 is 10.2 Å². The number of rotatable bonds is 4. The third-order valence-corrected chi connectivity index (χ3v) is 4.58. The number of hydrogen-bond donors (Lipinski definition) is 1. The molecular weight excluding hydrogens is 234 g/mol. The third kappa shape index (κ3) is 3.16. The predicted octanol–water partition coefficient (Wildman–Crippen LogP) is 1.38. The maximum Gasteiger partial charge on any atom is 0.0346 e. The van der Waals surface area contributed by atoms with Gasteiger partial charge in [-0.3, -0.25) is 4.90 Å². The molecule has 2 aliphatic rings. The van der Waals surface area contributed by atoms with Gasteiger partial charge in [-0.2, -0.15) is 0 Å². The Kier molecular flexibility index (Phi) is 4.16. The Morgan fingerprint density at radius 3 is 2.37 bits per heavy atom. The highest BCUT2D eigenvalue weighted by molar-refractivity contribution is 5.19. The van der Waals surface area contributed by atoms with Gasteiger partial charge in [0, 0.05) is 51.9 Å². The van der Waals surface area contributed by atoms with Crippen LogP contribution < -0.4 is 5.32 Å². The van der Waals surface area contributed by atoms with Crippen LogP contribution in [0.25, 0.3) is 0 Å². The molecule has 2 fully saturated rings. The highest BCUT2D eigenvalue weighted by Crippen LogP contribution is 2.18. The minimum Gasteiger partial charge on any atom is -0.314 e. The van der Waals surface area contributed by atoms with E-state index in [0.717, 1.165) is 6.04 Å². The average Bonchev–Trinajstić information content (AvgIpc) is 2.40. The lowest BCUT2D eigenvalue weighted by Gasteiger charge is -2.43. The Bertz CT molecular complexity index is 380. The minimum absolute atomic E-state index is 0.637. The number of nitrogens with zero attached hydrogens (tertiary/aromatic N) is 2. The topological polar surface area (TPSA) is 18.5 Å². The first-order valence-electron chi connectivity index (χ1n) is 7.55. The van der Waals surface area contributed by atoms with Gasteiger partial charge in [0.05, 0.1) is 0 Å². The molecule has 3 rings (SSSR count). The maximum atomic E-state index is 3.37. The van der Waals surface area contributed by atoms with Crippen molar-refractivity contribution >= 4 is 0 Å². The van der Waals surface area contributed by atoms with E-state index in [-0.39, 0.29) is 0 Å². The molecule has 1 atom stereocenters. The summed E-state index contributed by atoms with van der Waals surface area (Å²) in [4.78, 5) is 5.28. The first-order valence-corrected chi connectivity index (χ1v) is 7.55. The van der Waals surface area contributed by atoms with Crippen LogP contribution >= 0.6 is 0 Å². The summed E-state index contributed by atoms with van der Waals surface area (Å²) in [6.07, 6.45) is 0. The second kappa shape index (κ2) is 6.04. The first-order chi connectivity index (χ1) is 9.33. The van der Waals surface area contributed by atoms with Crippen molar-refractivity contribution in [3.63, 3.8) is 0 Å². The molecule has 0 spiro atoms. The fourth-order valence-electron chi connectivity index (χ4n) is 3.12. The molecule has 104 valence electrons. The molecule has 1 N–H and O–H groups in total. The van der Waals surface area contributed by atoms with Gasteiger partial charge in [0.2, 0.25) is 0 Å². The van der Waals surface area contributed by atoms with Crippen molar-refractivity contribution in [2.24, 2.45) is 0 Å². The number of benzene rings is 1. The van der Waals surface area contributed by atoms with Crippen molar-refractivity contribution in [1.82, 2.24) is 15.1 Å². The van der Waals surface area contributed by atoms with E-state index in [4.69, 9.17) is 0 Å². The summed E-state index contributed by atoms with van der Waals surface area (Å²) in [7, 11) is 0. The molecule has 0 radical (unpaired) electrons. The molecule has 3 heteroatoms. The fourth-order valence-corrected chi connectivity index (χ4v) is 3.12. The van der Waals surface area contributed by atoms with E-state index in [0.29, 0.717) is 5.92 Å². The van der Waals surface area contributed by atoms with Crippen LogP contribution in [0.15, 0.2) is 30.3 Å². The van der Waals surface area contributed by atoms with Crippen molar-refractivity contribution < 1.29 is 0 Å². The van der Waals surface area contributed by atoms with Gasteiger partial charge in [-0.25, -0.2) is 0 Å². The number of hydrogen-bond acceptors (Lipinski definition) is 3. The van der Waals surface area contributed by atoms with Crippen molar-refractivity contribution in [2.45, 2.75) is 18.9 Å². The van der Waals surface area contributed by atoms with Crippen LogP contribution in [0, 0.1) is 0 Å². The molecule has 1 unspecified atom stereocenters. The Hall–Kier alpha value is -0.900. The SMILES string of the molecule is CC(CN1CCN(C2CNC2)CC1)c1ccccc1. The first kappa shape index (κ1) is 13.1. The fraction of sp³-hybridized carbons (Fsp3) is 0.625. The highest BCUT2D eigenvalue weighted by atomic mass is 15.3. The molecule has 0 aromatic heterocycles. The van der Waals surface area contributed by atoms with E-state index < -0.39 is 0 Å². The third-order valence-electron chi connectivity index (χ3n) is 4.58. The summed E-state index contributed by atoms with van der Waals surface area (Å²) < 4.78 is 0. The van der Waals surface area contributed by atoms with Gasteiger partial charge in [-0.05, 0) is 11.5 Å². The quantitative estimate of drug-likeness (QED) is 0.881. The standard InChI is InChI=1S/C16H25N3/c1-14(15-5-3-2-4-6-15)13-18-7-9-19(10-8-18)16-11-17-12-16/h2-6,14,16-17H,7-13H2,1H3. The summed E-state index contributed by atoms with van der Waals surface area (Å²) in [5.74, 6) is 0.637. The minimum atomic E-state index is 0.637. The Labute approximate surface area is 116 Å². The monoisotopic (exact) mass is 259 g/mol. The van der Waals surface area contributed by atoms with Gasteiger partial charge in [0.1, 0.15) is 0 Å². The number of nitrogens with one attached hydrogen (secondary N) is 1. The Morgan fingerprint density at radius 2 is 1.79 bits per heavy atom. The van der Waals surface area contributed by atoms with Crippen LogP contribution in [0.1, 0.15) is 18.4 Å². The van der Waals surface area contributed by atoms with Crippen LogP contribution in [0.2, 0.25) is 0 Å². The molecule has 1 aromatic rings. The van der Waals surface area contributed by atoms with E-state index in [1.54, 1.807) is 0 Å². The molecule has 0 aliphatic carbocycles. The van der Waals surface area contributed by atoms with Crippen molar-refractivity contribution in [3.05, 3.63) is 35.9 Å². The van der Waals surface area contributed by atoms with Gasteiger partial charge in [0.15, 0.2) is 0 Å². The van der Waals surface area contributed by atoms with Crippen LogP contribution in [0.4, 0.5) is 0 Å². The summed E-state index contributed by atoms with van der Waals surface area (Å²) in [5.41, 5.74) is 1.47.